The quantitative estimate of drug-likeness (QED) is 0.304. The number of carbonyl (C=O) groups is 1. The van der Waals surface area contributed by atoms with Gasteiger partial charge in [-0.3, -0.25) is 14.5 Å². The molecule has 0 unspecified atom stereocenters. The zero-order valence-corrected chi connectivity index (χ0v) is 19.2. The van der Waals surface area contributed by atoms with Crippen LogP contribution in [0.4, 0.5) is 5.69 Å². The van der Waals surface area contributed by atoms with Gasteiger partial charge in [0.25, 0.3) is 10.0 Å². The molecule has 1 aromatic heterocycles. The summed E-state index contributed by atoms with van der Waals surface area (Å²) in [5.41, 5.74) is 2.98. The summed E-state index contributed by atoms with van der Waals surface area (Å²) in [6, 6.07) is 23.5. The number of hydrogen-bond acceptors (Lipinski definition) is 4. The summed E-state index contributed by atoms with van der Waals surface area (Å²) in [5.74, 6) is -0.832. The Morgan fingerprint density at radius 3 is 2.50 bits per heavy atom. The van der Waals surface area contributed by atoms with Gasteiger partial charge in [-0.25, -0.2) is 8.42 Å². The summed E-state index contributed by atoms with van der Waals surface area (Å²) in [4.78, 5) is 15.3. The smallest absolute Gasteiger partial charge is 0.303 e. The molecule has 1 heterocycles. The molecular weight excluding hydrogens is 448 g/mol. The zero-order valence-electron chi connectivity index (χ0n) is 18.4. The van der Waals surface area contributed by atoms with Gasteiger partial charge in [0.05, 0.1) is 4.90 Å². The number of nitrogens with zero attached hydrogens (tertiary/aromatic N) is 1. The van der Waals surface area contributed by atoms with Crippen LogP contribution < -0.4 is 4.72 Å². The third-order valence-corrected chi connectivity index (χ3v) is 6.82. The summed E-state index contributed by atoms with van der Waals surface area (Å²) in [7, 11) is -3.82. The van der Waals surface area contributed by atoms with Crippen LogP contribution in [0.3, 0.4) is 0 Å². The number of benzene rings is 3. The van der Waals surface area contributed by atoms with E-state index in [2.05, 4.69) is 9.71 Å². The van der Waals surface area contributed by atoms with Crippen LogP contribution in [0.15, 0.2) is 102 Å². The minimum absolute atomic E-state index is 0.0850. The monoisotopic (exact) mass is 472 g/mol. The lowest BCUT2D eigenvalue weighted by atomic mass is 9.97. The number of carboxylic acids is 1. The summed E-state index contributed by atoms with van der Waals surface area (Å²) >= 11 is 0. The van der Waals surface area contributed by atoms with Gasteiger partial charge in [0.1, 0.15) is 0 Å². The predicted octanol–water partition coefficient (Wildman–Crippen LogP) is 5.72. The summed E-state index contributed by atoms with van der Waals surface area (Å²) in [5, 5.41) is 10.4. The number of pyridine rings is 1. The van der Waals surface area contributed by atoms with Crippen LogP contribution in [0, 0.1) is 0 Å². The lowest BCUT2D eigenvalue weighted by Crippen LogP contribution is -2.13. The van der Waals surface area contributed by atoms with Gasteiger partial charge < -0.3 is 5.11 Å². The predicted molar refractivity (Wildman–Crippen MR) is 134 cm³/mol. The molecule has 7 heteroatoms. The number of aromatic nitrogens is 1. The standard InChI is InChI=1S/C27H24N2O4S/c30-27(31)16-4-3-13-24(22-11-7-17-28-19-22)21-10-5-12-23(18-21)29-34(32,33)26-15-6-9-20-8-1-2-14-25(20)26/h1-2,5-15,17-19,29H,3-4,16H2,(H,30,31). The highest BCUT2D eigenvalue weighted by Gasteiger charge is 2.18. The van der Waals surface area contributed by atoms with Gasteiger partial charge in [-0.2, -0.15) is 0 Å². The van der Waals surface area contributed by atoms with Crippen LogP contribution in [-0.2, 0) is 14.8 Å². The average Bonchev–Trinajstić information content (AvgIpc) is 2.84. The summed E-state index contributed by atoms with van der Waals surface area (Å²) < 4.78 is 29.2. The molecule has 4 rings (SSSR count). The fraction of sp³-hybridized carbons (Fsp3) is 0.111. The van der Waals surface area contributed by atoms with E-state index in [4.69, 9.17) is 5.11 Å². The number of hydrogen-bond donors (Lipinski definition) is 2. The first-order valence-corrected chi connectivity index (χ1v) is 12.4. The molecule has 0 bridgehead atoms. The largest absolute Gasteiger partial charge is 0.481 e. The van der Waals surface area contributed by atoms with Gasteiger partial charge in [0.15, 0.2) is 0 Å². The molecule has 0 amide bonds. The van der Waals surface area contributed by atoms with Gasteiger partial charge in [0.2, 0.25) is 0 Å². The Morgan fingerprint density at radius 1 is 0.941 bits per heavy atom. The van der Waals surface area contributed by atoms with Crippen molar-refractivity contribution in [1.82, 2.24) is 4.98 Å². The van der Waals surface area contributed by atoms with E-state index in [0.717, 1.165) is 22.1 Å². The molecule has 0 saturated carbocycles. The first kappa shape index (κ1) is 23.2. The number of sulfonamides is 1. The van der Waals surface area contributed by atoms with Crippen molar-refractivity contribution in [3.05, 3.63) is 108 Å². The van der Waals surface area contributed by atoms with E-state index in [-0.39, 0.29) is 11.3 Å². The molecule has 34 heavy (non-hydrogen) atoms. The molecule has 2 N–H and O–H groups in total. The van der Waals surface area contributed by atoms with Gasteiger partial charge >= 0.3 is 5.97 Å². The van der Waals surface area contributed by atoms with E-state index in [1.54, 1.807) is 48.8 Å². The lowest BCUT2D eigenvalue weighted by molar-refractivity contribution is -0.137. The van der Waals surface area contributed by atoms with Gasteiger partial charge in [-0.15, -0.1) is 0 Å². The van der Waals surface area contributed by atoms with Crippen LogP contribution >= 0.6 is 0 Å². The van der Waals surface area contributed by atoms with Crippen LogP contribution in [0.2, 0.25) is 0 Å². The summed E-state index contributed by atoms with van der Waals surface area (Å²) in [6.07, 6.45) is 6.55. The maximum absolute atomic E-state index is 13.3. The van der Waals surface area contributed by atoms with E-state index in [1.807, 2.05) is 48.5 Å². The molecule has 0 aliphatic heterocycles. The average molecular weight is 473 g/mol. The van der Waals surface area contributed by atoms with Crippen molar-refractivity contribution >= 4 is 38.0 Å². The van der Waals surface area contributed by atoms with Crippen molar-refractivity contribution in [3.63, 3.8) is 0 Å². The fourth-order valence-corrected chi connectivity index (χ4v) is 5.09. The topological polar surface area (TPSA) is 96.4 Å². The molecule has 0 aliphatic rings. The number of rotatable bonds is 9. The SMILES string of the molecule is O=C(O)CCCC=C(c1cccnc1)c1cccc(NS(=O)(=O)c2cccc3ccccc23)c1. The first-order chi connectivity index (χ1) is 16.4. The minimum atomic E-state index is -3.82. The van der Waals surface area contributed by atoms with Crippen LogP contribution in [0.25, 0.3) is 16.3 Å². The first-order valence-electron chi connectivity index (χ1n) is 10.9. The molecule has 6 nitrogen and oxygen atoms in total. The number of anilines is 1. The highest BCUT2D eigenvalue weighted by atomic mass is 32.2. The maximum atomic E-state index is 13.3. The molecule has 172 valence electrons. The van der Waals surface area contributed by atoms with Gasteiger partial charge in [0, 0.05) is 35.5 Å². The summed E-state index contributed by atoms with van der Waals surface area (Å²) in [6.45, 7) is 0. The number of allylic oxidation sites excluding steroid dienone is 1. The molecule has 0 radical (unpaired) electrons. The van der Waals surface area contributed by atoms with Gasteiger partial charge in [-0.05, 0) is 53.6 Å². The van der Waals surface area contributed by atoms with Crippen molar-refractivity contribution in [1.29, 1.82) is 0 Å². The molecule has 0 saturated heterocycles. The number of aliphatic carboxylic acids is 1. The highest BCUT2D eigenvalue weighted by Crippen LogP contribution is 2.29. The minimum Gasteiger partial charge on any atom is -0.481 e. The molecular formula is C27H24N2O4S. The fourth-order valence-electron chi connectivity index (χ4n) is 3.81. The van der Waals surface area contributed by atoms with E-state index in [0.29, 0.717) is 23.9 Å². The normalized spacial score (nSPS) is 11.9. The van der Waals surface area contributed by atoms with Gasteiger partial charge in [-0.1, -0.05) is 60.7 Å². The second-order valence-corrected chi connectivity index (χ2v) is 9.46. The Balaban J connectivity index is 1.66. The maximum Gasteiger partial charge on any atom is 0.303 e. The second kappa shape index (κ2) is 10.3. The molecule has 4 aromatic rings. The Hall–Kier alpha value is -3.97. The third-order valence-electron chi connectivity index (χ3n) is 5.38. The molecule has 0 atom stereocenters. The second-order valence-electron chi connectivity index (χ2n) is 7.81. The van der Waals surface area contributed by atoms with E-state index in [9.17, 15) is 13.2 Å². The van der Waals surface area contributed by atoms with Crippen molar-refractivity contribution in [3.8, 4) is 0 Å². The van der Waals surface area contributed by atoms with Crippen LogP contribution in [-0.4, -0.2) is 24.5 Å². The molecule has 0 spiro atoms. The highest BCUT2D eigenvalue weighted by molar-refractivity contribution is 7.93. The van der Waals surface area contributed by atoms with Crippen LogP contribution in [0.1, 0.15) is 30.4 Å². The van der Waals surface area contributed by atoms with E-state index in [1.165, 1.54) is 0 Å². The van der Waals surface area contributed by atoms with Crippen molar-refractivity contribution in [2.45, 2.75) is 24.2 Å². The Bertz CT molecular complexity index is 1440. The van der Waals surface area contributed by atoms with Crippen LogP contribution in [0.5, 0.6) is 0 Å². The van der Waals surface area contributed by atoms with Crippen molar-refractivity contribution in [2.24, 2.45) is 0 Å². The number of unbranched alkanes of at least 4 members (excludes halogenated alkanes) is 1. The lowest BCUT2D eigenvalue weighted by Gasteiger charge is -2.13. The Morgan fingerprint density at radius 2 is 1.71 bits per heavy atom. The number of carboxylic acid groups (broad SMARTS) is 1. The third kappa shape index (κ3) is 5.50. The number of nitrogens with one attached hydrogen (secondary N) is 1. The van der Waals surface area contributed by atoms with E-state index >= 15 is 0 Å². The molecule has 0 aliphatic carbocycles. The van der Waals surface area contributed by atoms with Crippen molar-refractivity contribution < 1.29 is 18.3 Å². The zero-order chi connectivity index (χ0) is 24.0. The van der Waals surface area contributed by atoms with Crippen molar-refractivity contribution in [2.75, 3.05) is 4.72 Å². The molecule has 3 aromatic carbocycles. The molecule has 0 fully saturated rings. The Kier molecular flexibility index (Phi) is 7.04. The van der Waals surface area contributed by atoms with E-state index < -0.39 is 16.0 Å². The number of fused-ring (bicyclic) bond motifs is 1. The Labute approximate surface area is 198 Å².